The van der Waals surface area contributed by atoms with E-state index in [-0.39, 0.29) is 12.4 Å². The number of ketones is 1. The molecule has 0 amide bonds. The van der Waals surface area contributed by atoms with Crippen molar-refractivity contribution in [3.05, 3.63) is 71.1 Å². The van der Waals surface area contributed by atoms with Gasteiger partial charge in [-0.15, -0.1) is 0 Å². The van der Waals surface area contributed by atoms with Gasteiger partial charge in [0.2, 0.25) is 0 Å². The zero-order chi connectivity index (χ0) is 25.7. The number of carbonyl (C=O) groups excluding carboxylic acids is 1. The van der Waals surface area contributed by atoms with Gasteiger partial charge in [0.25, 0.3) is 0 Å². The molecule has 1 atom stereocenters. The van der Waals surface area contributed by atoms with Crippen molar-refractivity contribution in [3.8, 4) is 6.07 Å². The maximum Gasteiger partial charge on any atom is 0.328 e. The summed E-state index contributed by atoms with van der Waals surface area (Å²) in [5, 5.41) is 33.7. The summed E-state index contributed by atoms with van der Waals surface area (Å²) in [6, 6.07) is 13.4. The van der Waals surface area contributed by atoms with Crippen molar-refractivity contribution in [1.82, 2.24) is 4.57 Å². The Morgan fingerprint density at radius 2 is 1.65 bits per heavy atom. The van der Waals surface area contributed by atoms with Crippen LogP contribution < -0.4 is 5.73 Å². The number of hydrogen-bond donors (Lipinski definition) is 4. The summed E-state index contributed by atoms with van der Waals surface area (Å²) in [5.41, 5.74) is 8.92. The number of hydrogen-bond acceptors (Lipinski definition) is 6. The summed E-state index contributed by atoms with van der Waals surface area (Å²) in [4.78, 5) is 31.6. The fraction of sp³-hybridized carbons (Fsp3) is 0.360. The third-order valence-electron chi connectivity index (χ3n) is 5.15. The lowest BCUT2D eigenvalue weighted by atomic mass is 9.97. The molecule has 5 N–H and O–H groups in total. The van der Waals surface area contributed by atoms with Crippen molar-refractivity contribution in [2.75, 3.05) is 6.61 Å². The fourth-order valence-electron chi connectivity index (χ4n) is 3.05. The van der Waals surface area contributed by atoms with E-state index in [4.69, 9.17) is 21.2 Å². The number of nitrogens with zero attached hydrogens (tertiary/aromatic N) is 2. The molecule has 0 aliphatic carbocycles. The lowest BCUT2D eigenvalue weighted by Gasteiger charge is -2.21. The maximum absolute atomic E-state index is 12.5. The molecular formula is C25H31N3O6. The number of carboxylic acid groups (broad SMARTS) is 2. The first-order valence-electron chi connectivity index (χ1n) is 10.7. The van der Waals surface area contributed by atoms with E-state index >= 15 is 0 Å². The predicted octanol–water partition coefficient (Wildman–Crippen LogP) is 2.46. The Bertz CT molecular complexity index is 1030. The second-order valence-corrected chi connectivity index (χ2v) is 8.18. The SMILES string of the molecule is Cn1c(CC[C@@](C)(N)CO)ccc1C(=O)CCCc1ccc(C#N)cc1.O=C(O)/C=C/C(=O)O. The van der Waals surface area contributed by atoms with Crippen LogP contribution in [0.15, 0.2) is 48.6 Å². The summed E-state index contributed by atoms with van der Waals surface area (Å²) in [6.45, 7) is 1.77. The van der Waals surface area contributed by atoms with Gasteiger partial charge in [-0.25, -0.2) is 9.59 Å². The summed E-state index contributed by atoms with van der Waals surface area (Å²) in [6.07, 6.45) is 4.58. The predicted molar refractivity (Wildman–Crippen MR) is 126 cm³/mol. The van der Waals surface area contributed by atoms with E-state index in [1.165, 1.54) is 0 Å². The molecule has 0 aliphatic rings. The molecular weight excluding hydrogens is 438 g/mol. The number of aliphatic hydroxyl groups is 1. The van der Waals surface area contributed by atoms with Crippen molar-refractivity contribution in [1.29, 1.82) is 5.26 Å². The van der Waals surface area contributed by atoms with Gasteiger partial charge < -0.3 is 25.6 Å². The van der Waals surface area contributed by atoms with Crippen molar-refractivity contribution in [2.45, 2.75) is 44.6 Å². The van der Waals surface area contributed by atoms with Crippen LogP contribution in [-0.2, 0) is 29.5 Å². The van der Waals surface area contributed by atoms with Gasteiger partial charge in [0.1, 0.15) is 0 Å². The average Bonchev–Trinajstić information content (AvgIpc) is 3.17. The van der Waals surface area contributed by atoms with Crippen LogP contribution in [0.25, 0.3) is 0 Å². The molecule has 9 heteroatoms. The van der Waals surface area contributed by atoms with E-state index in [0.29, 0.717) is 36.3 Å². The first kappa shape index (κ1) is 28.3. The number of nitriles is 1. The van der Waals surface area contributed by atoms with Crippen LogP contribution in [0.4, 0.5) is 0 Å². The van der Waals surface area contributed by atoms with Crippen molar-refractivity contribution in [3.63, 3.8) is 0 Å². The standard InChI is InChI=1S/C21H27N3O2.C4H4O4/c1-21(23,15-25)13-12-18-10-11-19(24(18)2)20(26)5-3-4-16-6-8-17(14-22)9-7-16;5-3(6)1-2-4(7)8/h6-11,25H,3-5,12-13,15,23H2,1-2H3;1-2H,(H,5,6)(H,7,8)/b;2-1+/t21-;/m1./s1. The van der Waals surface area contributed by atoms with Crippen LogP contribution in [0.1, 0.15) is 53.5 Å². The maximum atomic E-state index is 12.5. The van der Waals surface area contributed by atoms with Crippen LogP contribution in [-0.4, -0.2) is 49.8 Å². The quantitative estimate of drug-likeness (QED) is 0.287. The number of aromatic nitrogens is 1. The summed E-state index contributed by atoms with van der Waals surface area (Å²) in [7, 11) is 1.90. The summed E-state index contributed by atoms with van der Waals surface area (Å²) < 4.78 is 1.93. The largest absolute Gasteiger partial charge is 0.478 e. The van der Waals surface area contributed by atoms with Crippen LogP contribution in [0.5, 0.6) is 0 Å². The molecule has 34 heavy (non-hydrogen) atoms. The van der Waals surface area contributed by atoms with Crippen molar-refractivity contribution in [2.24, 2.45) is 12.8 Å². The normalized spacial score (nSPS) is 12.3. The van der Waals surface area contributed by atoms with Gasteiger partial charge in [-0.1, -0.05) is 12.1 Å². The number of Topliss-reactive ketones (excluding diaryl/α,β-unsaturated/α-hetero) is 1. The Morgan fingerprint density at radius 3 is 2.15 bits per heavy atom. The number of rotatable bonds is 11. The molecule has 0 radical (unpaired) electrons. The number of benzene rings is 1. The van der Waals surface area contributed by atoms with Crippen molar-refractivity contribution < 1.29 is 29.7 Å². The molecule has 2 aromatic rings. The van der Waals surface area contributed by atoms with Crippen LogP contribution in [0.2, 0.25) is 0 Å². The Balaban J connectivity index is 0.000000620. The van der Waals surface area contributed by atoms with E-state index in [0.717, 1.165) is 30.5 Å². The molecule has 0 fully saturated rings. The summed E-state index contributed by atoms with van der Waals surface area (Å²) in [5.74, 6) is -2.38. The third kappa shape index (κ3) is 10.3. The first-order valence-corrected chi connectivity index (χ1v) is 10.7. The van der Waals surface area contributed by atoms with E-state index in [9.17, 15) is 19.5 Å². The Kier molecular flexibility index (Phi) is 11.4. The van der Waals surface area contributed by atoms with Crippen molar-refractivity contribution >= 4 is 17.7 Å². The van der Waals surface area contributed by atoms with Gasteiger partial charge >= 0.3 is 11.9 Å². The molecule has 0 saturated carbocycles. The van der Waals surface area contributed by atoms with E-state index in [1.807, 2.05) is 42.8 Å². The molecule has 9 nitrogen and oxygen atoms in total. The van der Waals surface area contributed by atoms with Crippen LogP contribution in [0, 0.1) is 11.3 Å². The first-order chi connectivity index (χ1) is 16.0. The van der Waals surface area contributed by atoms with Gasteiger partial charge in [0.05, 0.1) is 23.9 Å². The van der Waals surface area contributed by atoms with Gasteiger partial charge in [-0.05, 0) is 62.4 Å². The van der Waals surface area contributed by atoms with Gasteiger partial charge in [0.15, 0.2) is 5.78 Å². The highest BCUT2D eigenvalue weighted by Crippen LogP contribution is 2.16. The average molecular weight is 470 g/mol. The molecule has 0 saturated heterocycles. The van der Waals surface area contributed by atoms with Gasteiger partial charge in [0, 0.05) is 36.9 Å². The molecule has 0 spiro atoms. The van der Waals surface area contributed by atoms with E-state index < -0.39 is 17.5 Å². The molecule has 0 bridgehead atoms. The molecule has 1 heterocycles. The Hall–Kier alpha value is -3.74. The highest BCUT2D eigenvalue weighted by Gasteiger charge is 2.19. The third-order valence-corrected chi connectivity index (χ3v) is 5.15. The monoisotopic (exact) mass is 469 g/mol. The Morgan fingerprint density at radius 1 is 1.06 bits per heavy atom. The number of carbonyl (C=O) groups is 3. The highest BCUT2D eigenvalue weighted by atomic mass is 16.4. The lowest BCUT2D eigenvalue weighted by Crippen LogP contribution is -2.40. The lowest BCUT2D eigenvalue weighted by molar-refractivity contribution is -0.134. The number of aryl methyl sites for hydroxylation is 2. The van der Waals surface area contributed by atoms with Gasteiger partial charge in [-0.2, -0.15) is 5.26 Å². The molecule has 182 valence electrons. The number of aliphatic carboxylic acids is 2. The fourth-order valence-corrected chi connectivity index (χ4v) is 3.05. The van der Waals surface area contributed by atoms with E-state index in [2.05, 4.69) is 6.07 Å². The van der Waals surface area contributed by atoms with Crippen LogP contribution in [0.3, 0.4) is 0 Å². The second kappa shape index (κ2) is 13.7. The minimum atomic E-state index is -1.26. The number of aliphatic hydroxyl groups excluding tert-OH is 1. The topological polar surface area (TPSA) is 167 Å². The zero-order valence-electron chi connectivity index (χ0n) is 19.4. The van der Waals surface area contributed by atoms with Crippen LogP contribution >= 0.6 is 0 Å². The van der Waals surface area contributed by atoms with E-state index in [1.54, 1.807) is 12.1 Å². The minimum absolute atomic E-state index is 0.0570. The molecule has 1 aromatic carbocycles. The molecule has 0 unspecified atom stereocenters. The number of nitrogens with two attached hydrogens (primary N) is 1. The smallest absolute Gasteiger partial charge is 0.328 e. The summed E-state index contributed by atoms with van der Waals surface area (Å²) >= 11 is 0. The van der Waals surface area contributed by atoms with Gasteiger partial charge in [-0.3, -0.25) is 4.79 Å². The Labute approximate surface area is 198 Å². The molecule has 2 rings (SSSR count). The number of carboxylic acids is 2. The zero-order valence-corrected chi connectivity index (χ0v) is 19.4. The molecule has 1 aromatic heterocycles. The second-order valence-electron chi connectivity index (χ2n) is 8.18. The highest BCUT2D eigenvalue weighted by molar-refractivity contribution is 5.94. The molecule has 0 aliphatic heterocycles. The minimum Gasteiger partial charge on any atom is -0.478 e.